The van der Waals surface area contributed by atoms with Crippen LogP contribution in [-0.2, 0) is 19.0 Å². The standard InChI is InChI=1S/C25H24O10/c1-4-22(26)33-16-7-5-14(11-19(16)29-2)24(27)34-17-8-6-15(12-20(17)30-3)25(28)35-21-13-32-18-9-10-31-23(18)21/h4-8,11-12,18,21,23H,1,9-10,13H2,2-3H3. The normalized spacial score (nSPS) is 20.5. The summed E-state index contributed by atoms with van der Waals surface area (Å²) in [5.74, 6) is -1.42. The number of ether oxygens (including phenoxy) is 7. The van der Waals surface area contributed by atoms with E-state index < -0.39 is 24.0 Å². The first-order valence-electron chi connectivity index (χ1n) is 10.8. The molecule has 2 heterocycles. The molecular formula is C25H24O10. The summed E-state index contributed by atoms with van der Waals surface area (Å²) in [6, 6.07) is 8.51. The van der Waals surface area contributed by atoms with E-state index in [0.29, 0.717) is 6.61 Å². The smallest absolute Gasteiger partial charge is 0.343 e. The van der Waals surface area contributed by atoms with Crippen molar-refractivity contribution in [2.24, 2.45) is 0 Å². The molecule has 0 aromatic heterocycles. The minimum atomic E-state index is -0.717. The topological polar surface area (TPSA) is 116 Å². The van der Waals surface area contributed by atoms with Crippen LogP contribution in [0.2, 0.25) is 0 Å². The van der Waals surface area contributed by atoms with Gasteiger partial charge in [-0.3, -0.25) is 0 Å². The summed E-state index contributed by atoms with van der Waals surface area (Å²) >= 11 is 0. The molecule has 2 aliphatic heterocycles. The molecule has 35 heavy (non-hydrogen) atoms. The van der Waals surface area contributed by atoms with Crippen LogP contribution in [0.25, 0.3) is 0 Å². The summed E-state index contributed by atoms with van der Waals surface area (Å²) in [4.78, 5) is 36.8. The van der Waals surface area contributed by atoms with Gasteiger partial charge in [-0.2, -0.15) is 0 Å². The first-order chi connectivity index (χ1) is 16.9. The van der Waals surface area contributed by atoms with Gasteiger partial charge in [0.15, 0.2) is 29.1 Å². The van der Waals surface area contributed by atoms with E-state index in [1.54, 1.807) is 0 Å². The number of rotatable bonds is 8. The lowest BCUT2D eigenvalue weighted by Gasteiger charge is -2.17. The van der Waals surface area contributed by atoms with Gasteiger partial charge in [-0.15, -0.1) is 0 Å². The van der Waals surface area contributed by atoms with Gasteiger partial charge in [0.25, 0.3) is 0 Å². The molecule has 2 aromatic rings. The second kappa shape index (κ2) is 10.6. The van der Waals surface area contributed by atoms with Gasteiger partial charge in [0.2, 0.25) is 0 Å². The predicted octanol–water partition coefficient (Wildman–Crippen LogP) is 2.73. The van der Waals surface area contributed by atoms with Gasteiger partial charge < -0.3 is 33.2 Å². The number of esters is 3. The SMILES string of the molecule is C=CC(=O)Oc1ccc(C(=O)Oc2ccc(C(=O)OC3COC4CCOC43)cc2OC)cc1OC. The first-order valence-corrected chi connectivity index (χ1v) is 10.8. The highest BCUT2D eigenvalue weighted by Gasteiger charge is 2.44. The molecular weight excluding hydrogens is 460 g/mol. The molecule has 2 fully saturated rings. The number of fused-ring (bicyclic) bond motifs is 1. The number of hydrogen-bond donors (Lipinski definition) is 0. The highest BCUT2D eigenvalue weighted by Crippen LogP contribution is 2.33. The molecule has 0 N–H and O–H groups in total. The van der Waals surface area contributed by atoms with Crippen molar-refractivity contribution in [1.82, 2.24) is 0 Å². The number of carbonyl (C=O) groups is 3. The van der Waals surface area contributed by atoms with E-state index in [9.17, 15) is 14.4 Å². The van der Waals surface area contributed by atoms with Gasteiger partial charge in [-0.1, -0.05) is 6.58 Å². The minimum absolute atomic E-state index is 0.0501. The zero-order valence-corrected chi connectivity index (χ0v) is 19.2. The van der Waals surface area contributed by atoms with Gasteiger partial charge in [0.1, 0.15) is 6.10 Å². The summed E-state index contributed by atoms with van der Waals surface area (Å²) in [6.07, 6.45) is 0.993. The predicted molar refractivity (Wildman–Crippen MR) is 120 cm³/mol. The average Bonchev–Trinajstić information content (AvgIpc) is 3.49. The second-order valence-corrected chi connectivity index (χ2v) is 7.69. The molecule has 10 heteroatoms. The molecule has 184 valence electrons. The Bertz CT molecular complexity index is 1140. The third kappa shape index (κ3) is 5.28. The van der Waals surface area contributed by atoms with Crippen LogP contribution in [0.3, 0.4) is 0 Å². The third-order valence-electron chi connectivity index (χ3n) is 5.56. The molecule has 0 radical (unpaired) electrons. The maximum absolute atomic E-state index is 12.7. The lowest BCUT2D eigenvalue weighted by molar-refractivity contribution is -0.129. The Kier molecular flexibility index (Phi) is 7.33. The quantitative estimate of drug-likeness (QED) is 0.315. The zero-order chi connectivity index (χ0) is 24.9. The van der Waals surface area contributed by atoms with Crippen LogP contribution >= 0.6 is 0 Å². The monoisotopic (exact) mass is 484 g/mol. The van der Waals surface area contributed by atoms with E-state index in [4.69, 9.17) is 33.2 Å². The Hall–Kier alpha value is -3.89. The highest BCUT2D eigenvalue weighted by molar-refractivity contribution is 5.93. The largest absolute Gasteiger partial charge is 0.493 e. The maximum Gasteiger partial charge on any atom is 0.343 e. The van der Waals surface area contributed by atoms with Gasteiger partial charge in [-0.25, -0.2) is 14.4 Å². The molecule has 0 aliphatic carbocycles. The van der Waals surface area contributed by atoms with Crippen molar-refractivity contribution in [3.63, 3.8) is 0 Å². The Morgan fingerprint density at radius 2 is 1.51 bits per heavy atom. The molecule has 0 spiro atoms. The van der Waals surface area contributed by atoms with E-state index in [1.807, 2.05) is 0 Å². The molecule has 2 saturated heterocycles. The summed E-state index contributed by atoms with van der Waals surface area (Å²) < 4.78 is 37.8. The fourth-order valence-corrected chi connectivity index (χ4v) is 3.80. The Balaban J connectivity index is 1.45. The number of hydrogen-bond acceptors (Lipinski definition) is 10. The lowest BCUT2D eigenvalue weighted by atomic mass is 10.1. The van der Waals surface area contributed by atoms with E-state index in [-0.39, 0.29) is 52.9 Å². The average molecular weight is 484 g/mol. The van der Waals surface area contributed by atoms with Crippen LogP contribution in [0, 0.1) is 0 Å². The third-order valence-corrected chi connectivity index (χ3v) is 5.56. The zero-order valence-electron chi connectivity index (χ0n) is 19.2. The van der Waals surface area contributed by atoms with Gasteiger partial charge in [-0.05, 0) is 42.8 Å². The second-order valence-electron chi connectivity index (χ2n) is 7.69. The molecule has 2 aromatic carbocycles. The summed E-state index contributed by atoms with van der Waals surface area (Å²) in [5, 5.41) is 0. The lowest BCUT2D eigenvalue weighted by Crippen LogP contribution is -2.32. The molecule has 4 rings (SSSR count). The summed E-state index contributed by atoms with van der Waals surface area (Å²) in [7, 11) is 2.75. The van der Waals surface area contributed by atoms with Crippen LogP contribution < -0.4 is 18.9 Å². The van der Waals surface area contributed by atoms with E-state index in [1.165, 1.54) is 50.6 Å². The van der Waals surface area contributed by atoms with Crippen LogP contribution in [0.5, 0.6) is 23.0 Å². The molecule has 2 aliphatic rings. The molecule has 0 amide bonds. The van der Waals surface area contributed by atoms with Crippen molar-refractivity contribution in [3.8, 4) is 23.0 Å². The number of carbonyl (C=O) groups excluding carboxylic acids is 3. The van der Waals surface area contributed by atoms with Gasteiger partial charge in [0, 0.05) is 12.7 Å². The molecule has 0 saturated carbocycles. The summed E-state index contributed by atoms with van der Waals surface area (Å²) in [5.41, 5.74) is 0.358. The van der Waals surface area contributed by atoms with Crippen molar-refractivity contribution in [1.29, 1.82) is 0 Å². The summed E-state index contributed by atoms with van der Waals surface area (Å²) in [6.45, 7) is 4.19. The minimum Gasteiger partial charge on any atom is -0.493 e. The van der Waals surface area contributed by atoms with E-state index in [0.717, 1.165) is 12.5 Å². The fraction of sp³-hybridized carbons (Fsp3) is 0.320. The number of methoxy groups -OCH3 is 2. The highest BCUT2D eigenvalue weighted by atomic mass is 16.6. The molecule has 3 atom stereocenters. The fourth-order valence-electron chi connectivity index (χ4n) is 3.80. The van der Waals surface area contributed by atoms with Crippen LogP contribution in [0.1, 0.15) is 27.1 Å². The Morgan fingerprint density at radius 1 is 0.886 bits per heavy atom. The maximum atomic E-state index is 12.7. The van der Waals surface area contributed by atoms with Crippen LogP contribution in [-0.4, -0.2) is 63.7 Å². The van der Waals surface area contributed by atoms with E-state index >= 15 is 0 Å². The Labute approximate surface area is 201 Å². The number of benzene rings is 2. The molecule has 10 nitrogen and oxygen atoms in total. The van der Waals surface area contributed by atoms with Crippen molar-refractivity contribution < 1.29 is 47.5 Å². The van der Waals surface area contributed by atoms with Crippen LogP contribution in [0.15, 0.2) is 49.1 Å². The van der Waals surface area contributed by atoms with Crippen molar-refractivity contribution in [2.75, 3.05) is 27.4 Å². The van der Waals surface area contributed by atoms with Gasteiger partial charge in [0.05, 0.1) is 38.1 Å². The first kappa shape index (κ1) is 24.2. The molecule has 0 bridgehead atoms. The van der Waals surface area contributed by atoms with Gasteiger partial charge >= 0.3 is 17.9 Å². The van der Waals surface area contributed by atoms with E-state index in [2.05, 4.69) is 6.58 Å². The van der Waals surface area contributed by atoms with Crippen molar-refractivity contribution in [2.45, 2.75) is 24.7 Å². The van der Waals surface area contributed by atoms with Crippen LogP contribution in [0.4, 0.5) is 0 Å². The Morgan fingerprint density at radius 3 is 2.14 bits per heavy atom. The van der Waals surface area contributed by atoms with Crippen molar-refractivity contribution in [3.05, 3.63) is 60.2 Å². The van der Waals surface area contributed by atoms with Crippen molar-refractivity contribution >= 4 is 17.9 Å². The molecule has 3 unspecified atom stereocenters.